The number of nitriles is 1. The standard InChI is InChI=1S/C18H27N5/c1-3-4-5-6-7-8-9-10-11-12-15-20-17-18(21-15)23-16(22-17)14(2)13-19/h14H,3-12H2,1-2H3. The van der Waals surface area contributed by atoms with Crippen LogP contribution >= 0.6 is 0 Å². The Bertz CT molecular complexity index is 562. The van der Waals surface area contributed by atoms with Crippen LogP contribution in [0.1, 0.15) is 78.1 Å². The van der Waals surface area contributed by atoms with Gasteiger partial charge < -0.3 is 0 Å². The van der Waals surface area contributed by atoms with E-state index in [4.69, 9.17) is 5.26 Å². The topological polar surface area (TPSA) is 73.2 Å². The van der Waals surface area contributed by atoms with E-state index < -0.39 is 0 Å². The maximum atomic E-state index is 8.88. The van der Waals surface area contributed by atoms with Gasteiger partial charge in [-0.15, -0.1) is 0 Å². The van der Waals surface area contributed by atoms with Gasteiger partial charge in [-0.3, -0.25) is 0 Å². The third-order valence-electron chi connectivity index (χ3n) is 4.20. The predicted octanol–water partition coefficient (Wildman–Crippen LogP) is 4.69. The molecule has 5 nitrogen and oxygen atoms in total. The molecule has 0 radical (unpaired) electrons. The highest BCUT2D eigenvalue weighted by molar-refractivity contribution is 6.52. The normalized spacial score (nSPS) is 17.1. The van der Waals surface area contributed by atoms with E-state index in [1.807, 2.05) is 0 Å². The van der Waals surface area contributed by atoms with E-state index in [0.717, 1.165) is 18.7 Å². The third-order valence-corrected chi connectivity index (χ3v) is 4.20. The van der Waals surface area contributed by atoms with Crippen LogP contribution < -0.4 is 0 Å². The molecule has 0 saturated carbocycles. The molecule has 0 aliphatic carbocycles. The lowest BCUT2D eigenvalue weighted by atomic mass is 10.1. The zero-order chi connectivity index (χ0) is 16.5. The van der Waals surface area contributed by atoms with Crippen molar-refractivity contribution in [1.29, 1.82) is 5.26 Å². The minimum atomic E-state index is -0.299. The van der Waals surface area contributed by atoms with Gasteiger partial charge in [0.05, 0.1) is 6.07 Å². The van der Waals surface area contributed by atoms with E-state index in [1.54, 1.807) is 6.92 Å². The van der Waals surface area contributed by atoms with E-state index >= 15 is 0 Å². The molecule has 0 fully saturated rings. The number of nitrogens with zero attached hydrogens (tertiary/aromatic N) is 5. The number of hydrogen-bond acceptors (Lipinski definition) is 5. The average molecular weight is 313 g/mol. The quantitative estimate of drug-likeness (QED) is 0.510. The monoisotopic (exact) mass is 313 g/mol. The van der Waals surface area contributed by atoms with Gasteiger partial charge in [0.25, 0.3) is 0 Å². The zero-order valence-corrected chi connectivity index (χ0v) is 14.4. The van der Waals surface area contributed by atoms with Gasteiger partial charge in [0.1, 0.15) is 17.6 Å². The van der Waals surface area contributed by atoms with Crippen LogP contribution in [0.25, 0.3) is 0 Å². The molecule has 2 rings (SSSR count). The summed E-state index contributed by atoms with van der Waals surface area (Å²) in [5, 5.41) is 8.88. The van der Waals surface area contributed by atoms with E-state index in [0.29, 0.717) is 17.5 Å². The minimum Gasteiger partial charge on any atom is -0.210 e. The summed E-state index contributed by atoms with van der Waals surface area (Å²) in [7, 11) is 0. The maximum absolute atomic E-state index is 8.88. The third kappa shape index (κ3) is 5.38. The first-order valence-electron chi connectivity index (χ1n) is 8.98. The second-order valence-electron chi connectivity index (χ2n) is 6.30. The lowest BCUT2D eigenvalue weighted by Crippen LogP contribution is -2.04. The zero-order valence-electron chi connectivity index (χ0n) is 14.4. The summed E-state index contributed by atoms with van der Waals surface area (Å²) in [6.45, 7) is 4.04. The highest BCUT2D eigenvalue weighted by Crippen LogP contribution is 2.16. The van der Waals surface area contributed by atoms with E-state index in [1.165, 1.54) is 51.4 Å². The molecular weight excluding hydrogens is 286 g/mol. The number of rotatable bonds is 11. The Hall–Kier alpha value is -1.83. The average Bonchev–Trinajstić information content (AvgIpc) is 3.11. The van der Waals surface area contributed by atoms with Gasteiger partial charge in [-0.25, -0.2) is 20.0 Å². The Balaban J connectivity index is 1.59. The van der Waals surface area contributed by atoms with Gasteiger partial charge in [0.15, 0.2) is 0 Å². The van der Waals surface area contributed by atoms with Crippen LogP contribution in [0, 0.1) is 17.2 Å². The summed E-state index contributed by atoms with van der Waals surface area (Å²) in [6.07, 6.45) is 12.8. The van der Waals surface area contributed by atoms with Crippen LogP contribution in [-0.2, 0) is 0 Å². The minimum absolute atomic E-state index is 0.299. The molecule has 0 N–H and O–H groups in total. The molecular formula is C18H27N5. The van der Waals surface area contributed by atoms with Gasteiger partial charge in [0, 0.05) is 6.42 Å². The molecule has 23 heavy (non-hydrogen) atoms. The van der Waals surface area contributed by atoms with Crippen molar-refractivity contribution in [3.63, 3.8) is 0 Å². The molecule has 2 aliphatic heterocycles. The highest BCUT2D eigenvalue weighted by atomic mass is 15.2. The summed E-state index contributed by atoms with van der Waals surface area (Å²) < 4.78 is 0. The Labute approximate surface area is 139 Å². The van der Waals surface area contributed by atoms with Crippen molar-refractivity contribution in [2.45, 2.75) is 78.1 Å². The molecule has 0 amide bonds. The van der Waals surface area contributed by atoms with Crippen molar-refractivity contribution in [1.82, 2.24) is 0 Å². The van der Waals surface area contributed by atoms with Crippen molar-refractivity contribution < 1.29 is 0 Å². The summed E-state index contributed by atoms with van der Waals surface area (Å²) in [6, 6.07) is 2.14. The lowest BCUT2D eigenvalue weighted by molar-refractivity contribution is 0.568. The predicted molar refractivity (Wildman–Crippen MR) is 96.4 cm³/mol. The number of unbranched alkanes of at least 4 members (excludes halogenated alkanes) is 8. The first-order chi connectivity index (χ1) is 11.2. The van der Waals surface area contributed by atoms with E-state index in [2.05, 4.69) is 33.0 Å². The van der Waals surface area contributed by atoms with E-state index in [-0.39, 0.29) is 5.92 Å². The largest absolute Gasteiger partial charge is 0.210 e. The Morgan fingerprint density at radius 1 is 0.826 bits per heavy atom. The molecule has 0 bridgehead atoms. The molecule has 0 saturated heterocycles. The molecule has 0 aromatic carbocycles. The Kier molecular flexibility index (Phi) is 7.12. The fourth-order valence-electron chi connectivity index (χ4n) is 2.72. The smallest absolute Gasteiger partial charge is 0.201 e. The fraction of sp³-hybridized carbons (Fsp3) is 0.722. The lowest BCUT2D eigenvalue weighted by Gasteiger charge is -2.01. The molecule has 2 aliphatic rings. The molecule has 0 spiro atoms. The summed E-state index contributed by atoms with van der Waals surface area (Å²) in [5.74, 6) is 2.26. The number of aliphatic imine (C=N–C) groups is 4. The van der Waals surface area contributed by atoms with Gasteiger partial charge in [-0.1, -0.05) is 58.3 Å². The van der Waals surface area contributed by atoms with Gasteiger partial charge >= 0.3 is 0 Å². The number of fused-ring (bicyclic) bond motifs is 1. The molecule has 124 valence electrons. The number of amidine groups is 4. The van der Waals surface area contributed by atoms with Gasteiger partial charge in [-0.05, 0) is 13.3 Å². The summed E-state index contributed by atoms with van der Waals surface area (Å²) in [5.41, 5.74) is 0. The Morgan fingerprint density at radius 3 is 2.04 bits per heavy atom. The summed E-state index contributed by atoms with van der Waals surface area (Å²) >= 11 is 0. The van der Waals surface area contributed by atoms with Gasteiger partial charge in [-0.2, -0.15) is 5.26 Å². The van der Waals surface area contributed by atoms with Crippen molar-refractivity contribution in [2.24, 2.45) is 25.9 Å². The SMILES string of the molecule is CCCCCCCCCCCC1=NC2=NC(C(C)C#N)=NC2=N1. The molecule has 1 unspecified atom stereocenters. The summed E-state index contributed by atoms with van der Waals surface area (Å²) in [4.78, 5) is 17.4. The molecule has 0 aromatic heterocycles. The van der Waals surface area contributed by atoms with Crippen LogP contribution in [0.4, 0.5) is 0 Å². The van der Waals surface area contributed by atoms with Crippen molar-refractivity contribution in [3.8, 4) is 6.07 Å². The molecule has 0 aromatic rings. The molecule has 2 heterocycles. The van der Waals surface area contributed by atoms with Gasteiger partial charge in [0.2, 0.25) is 11.7 Å². The first-order valence-corrected chi connectivity index (χ1v) is 8.98. The van der Waals surface area contributed by atoms with Crippen molar-refractivity contribution >= 4 is 23.3 Å². The second-order valence-corrected chi connectivity index (χ2v) is 6.30. The molecule has 1 atom stereocenters. The maximum Gasteiger partial charge on any atom is 0.201 e. The Morgan fingerprint density at radius 2 is 1.43 bits per heavy atom. The van der Waals surface area contributed by atoms with Crippen LogP contribution in [0.2, 0.25) is 0 Å². The van der Waals surface area contributed by atoms with Crippen LogP contribution in [0.15, 0.2) is 20.0 Å². The molecule has 5 heteroatoms. The fourth-order valence-corrected chi connectivity index (χ4v) is 2.72. The van der Waals surface area contributed by atoms with Crippen LogP contribution in [0.3, 0.4) is 0 Å². The van der Waals surface area contributed by atoms with Crippen LogP contribution in [-0.4, -0.2) is 23.3 Å². The second kappa shape index (κ2) is 9.34. The van der Waals surface area contributed by atoms with E-state index in [9.17, 15) is 0 Å². The van der Waals surface area contributed by atoms with Crippen molar-refractivity contribution in [2.75, 3.05) is 0 Å². The first kappa shape index (κ1) is 17.5. The van der Waals surface area contributed by atoms with Crippen LogP contribution in [0.5, 0.6) is 0 Å². The number of hydrogen-bond donors (Lipinski definition) is 0. The highest BCUT2D eigenvalue weighted by Gasteiger charge is 2.26. The van der Waals surface area contributed by atoms with Crippen molar-refractivity contribution in [3.05, 3.63) is 0 Å².